The van der Waals surface area contributed by atoms with Gasteiger partial charge in [0.15, 0.2) is 0 Å². The zero-order valence-electron chi connectivity index (χ0n) is 14.5. The summed E-state index contributed by atoms with van der Waals surface area (Å²) in [5.74, 6) is 0. The van der Waals surface area contributed by atoms with E-state index < -0.39 is 36.8 Å². The maximum atomic E-state index is 2.55. The number of aryl methyl sites for hydroxylation is 1. The van der Waals surface area contributed by atoms with Crippen molar-refractivity contribution in [3.8, 4) is 9.75 Å². The van der Waals surface area contributed by atoms with Gasteiger partial charge in [-0.25, -0.2) is 0 Å². The molecule has 2 rings (SSSR count). The Kier molecular flexibility index (Phi) is 5.99. The van der Waals surface area contributed by atoms with Gasteiger partial charge in [0.25, 0.3) is 0 Å². The summed E-state index contributed by atoms with van der Waals surface area (Å²) in [6.07, 6.45) is 2.52. The fourth-order valence-corrected chi connectivity index (χ4v) is 17.0. The van der Waals surface area contributed by atoms with Crippen molar-refractivity contribution in [1.29, 1.82) is 0 Å². The predicted octanol–water partition coefficient (Wildman–Crippen LogP) is 5.52. The molecule has 0 aliphatic carbocycles. The molecular weight excluding hydrogens is 506 g/mol. The van der Waals surface area contributed by atoms with E-state index in [1.165, 1.54) is 22.6 Å². The average Bonchev–Trinajstić information content (AvgIpc) is 2.91. The molecule has 0 unspecified atom stereocenters. The molecule has 0 N–H and O–H groups in total. The Bertz CT molecular complexity index is 610. The molecule has 0 atom stereocenters. The first-order valence-corrected chi connectivity index (χ1v) is 29.5. The van der Waals surface area contributed by atoms with Gasteiger partial charge in [0.1, 0.15) is 0 Å². The maximum absolute atomic E-state index is 2.55. The van der Waals surface area contributed by atoms with Crippen LogP contribution in [0.2, 0.25) is 29.6 Å². The summed E-state index contributed by atoms with van der Waals surface area (Å²) in [6.45, 7) is 2.30. The van der Waals surface area contributed by atoms with E-state index in [0.29, 0.717) is 0 Å². The molecule has 0 amide bonds. The number of hydrogen-bond donors (Lipinski definition) is 0. The molecular formula is C17H28S2Sn2. The fourth-order valence-electron chi connectivity index (χ4n) is 2.51. The van der Waals surface area contributed by atoms with Crippen molar-refractivity contribution in [3.63, 3.8) is 0 Å². The zero-order chi connectivity index (χ0) is 15.8. The van der Waals surface area contributed by atoms with Crippen LogP contribution in [0.4, 0.5) is 0 Å². The monoisotopic (exact) mass is 536 g/mol. The molecule has 0 aromatic carbocycles. The minimum atomic E-state index is -1.98. The van der Waals surface area contributed by atoms with Crippen LogP contribution in [0.1, 0.15) is 18.9 Å². The van der Waals surface area contributed by atoms with Crippen molar-refractivity contribution >= 4 is 65.2 Å². The third-order valence-electron chi connectivity index (χ3n) is 3.60. The first-order valence-electron chi connectivity index (χ1n) is 7.87. The summed E-state index contributed by atoms with van der Waals surface area (Å²) < 4.78 is 3.49. The molecule has 0 aliphatic heterocycles. The van der Waals surface area contributed by atoms with E-state index >= 15 is 0 Å². The molecule has 2 aromatic heterocycles. The molecule has 0 nitrogen and oxygen atoms in total. The van der Waals surface area contributed by atoms with Gasteiger partial charge in [-0.05, 0) is 0 Å². The molecule has 2 aromatic rings. The van der Waals surface area contributed by atoms with Gasteiger partial charge in [-0.3, -0.25) is 0 Å². The van der Waals surface area contributed by atoms with Crippen molar-refractivity contribution in [2.45, 2.75) is 49.4 Å². The minimum absolute atomic E-state index is 1.26. The van der Waals surface area contributed by atoms with Gasteiger partial charge in [-0.15, -0.1) is 0 Å². The molecule has 4 heteroatoms. The van der Waals surface area contributed by atoms with Crippen LogP contribution < -0.4 is 5.79 Å². The quantitative estimate of drug-likeness (QED) is 0.444. The summed E-state index contributed by atoms with van der Waals surface area (Å²) in [4.78, 5) is 18.2. The Morgan fingerprint density at radius 2 is 1.52 bits per heavy atom. The predicted molar refractivity (Wildman–Crippen MR) is 108 cm³/mol. The molecule has 0 fully saturated rings. The first kappa shape index (κ1) is 18.3. The Morgan fingerprint density at radius 1 is 0.857 bits per heavy atom. The van der Waals surface area contributed by atoms with Crippen molar-refractivity contribution in [2.75, 3.05) is 0 Å². The molecule has 21 heavy (non-hydrogen) atoms. The third-order valence-corrected chi connectivity index (χ3v) is 25.1. The molecule has 116 valence electrons. The van der Waals surface area contributed by atoms with Crippen LogP contribution in [0.25, 0.3) is 9.75 Å². The first-order chi connectivity index (χ1) is 9.63. The van der Waals surface area contributed by atoms with Crippen molar-refractivity contribution in [2.24, 2.45) is 0 Å². The van der Waals surface area contributed by atoms with E-state index in [2.05, 4.69) is 77.4 Å². The SMILES string of the molecule is CCCc1cc(-c2cc[c]([Sn]([CH3])([CH3])[CH3])s2)s[c]1[Sn]([CH3])([CH3])[CH3]. The van der Waals surface area contributed by atoms with Crippen LogP contribution in [-0.4, -0.2) is 36.8 Å². The zero-order valence-corrected chi connectivity index (χ0v) is 21.8. The standard InChI is InChI=1S/C11H10S2.6CH3.2Sn/c1-2-4-9-7-11(13-8-9)10-5-3-6-12-10;;;;;;;;/h3,5,7H,2,4H2,1H3;6*1H3;;. The molecule has 0 spiro atoms. The molecule has 0 radical (unpaired) electrons. The second-order valence-corrected chi connectivity index (χ2v) is 40.7. The van der Waals surface area contributed by atoms with E-state index in [-0.39, 0.29) is 0 Å². The summed E-state index contributed by atoms with van der Waals surface area (Å²) >= 11 is 0.302. The molecule has 0 aliphatic rings. The Balaban J connectivity index is 2.43. The van der Waals surface area contributed by atoms with Gasteiger partial charge in [-0.2, -0.15) is 0 Å². The van der Waals surface area contributed by atoms with Gasteiger partial charge in [0.2, 0.25) is 0 Å². The summed E-state index contributed by atoms with van der Waals surface area (Å²) in [6, 6.07) is 7.31. The third kappa shape index (κ3) is 4.51. The van der Waals surface area contributed by atoms with E-state index in [4.69, 9.17) is 0 Å². The van der Waals surface area contributed by atoms with Gasteiger partial charge >= 0.3 is 148 Å². The van der Waals surface area contributed by atoms with Crippen LogP contribution in [0.5, 0.6) is 0 Å². The van der Waals surface area contributed by atoms with E-state index in [1.807, 2.05) is 0 Å². The van der Waals surface area contributed by atoms with Crippen LogP contribution in [0, 0.1) is 0 Å². The van der Waals surface area contributed by atoms with Crippen LogP contribution in [0.15, 0.2) is 18.2 Å². The summed E-state index contributed by atoms with van der Waals surface area (Å²) in [7, 11) is 0. The van der Waals surface area contributed by atoms with Gasteiger partial charge in [-0.1, -0.05) is 0 Å². The molecule has 0 saturated heterocycles. The van der Waals surface area contributed by atoms with Crippen LogP contribution >= 0.6 is 22.7 Å². The Morgan fingerprint density at radius 3 is 2.00 bits per heavy atom. The number of thiophene rings is 2. The summed E-state index contributed by atoms with van der Waals surface area (Å²) in [5, 5.41) is 0. The normalized spacial score (nSPS) is 12.9. The van der Waals surface area contributed by atoms with Crippen molar-refractivity contribution in [3.05, 3.63) is 23.8 Å². The second kappa shape index (κ2) is 6.86. The van der Waals surface area contributed by atoms with Gasteiger partial charge in [0, 0.05) is 0 Å². The van der Waals surface area contributed by atoms with Crippen molar-refractivity contribution in [1.82, 2.24) is 0 Å². The number of hydrogen-bond acceptors (Lipinski definition) is 2. The summed E-state index contributed by atoms with van der Waals surface area (Å²) in [5.41, 5.74) is 1.66. The molecule has 2 heterocycles. The van der Waals surface area contributed by atoms with E-state index in [1.54, 1.807) is 11.3 Å². The Labute approximate surface area is 146 Å². The topological polar surface area (TPSA) is 0 Å². The van der Waals surface area contributed by atoms with Crippen molar-refractivity contribution < 1.29 is 0 Å². The van der Waals surface area contributed by atoms with Crippen LogP contribution in [-0.2, 0) is 6.42 Å². The average molecular weight is 534 g/mol. The molecule has 0 bridgehead atoms. The second-order valence-electron chi connectivity index (χ2n) is 7.88. The van der Waals surface area contributed by atoms with Crippen LogP contribution in [0.3, 0.4) is 0 Å². The van der Waals surface area contributed by atoms with Gasteiger partial charge < -0.3 is 0 Å². The van der Waals surface area contributed by atoms with E-state index in [0.717, 1.165) is 0 Å². The fraction of sp³-hybridized carbons (Fsp3) is 0.529. The number of rotatable bonds is 5. The molecule has 0 saturated carbocycles. The van der Waals surface area contributed by atoms with Gasteiger partial charge in [0.05, 0.1) is 0 Å². The van der Waals surface area contributed by atoms with E-state index in [9.17, 15) is 0 Å². The Hall–Kier alpha value is 0.997.